The molecule has 0 radical (unpaired) electrons. The molecule has 0 aromatic carbocycles. The summed E-state index contributed by atoms with van der Waals surface area (Å²) in [5, 5.41) is 0. The van der Waals surface area contributed by atoms with E-state index in [2.05, 4.69) is 13.8 Å². The third-order valence-electron chi connectivity index (χ3n) is 15.9. The van der Waals surface area contributed by atoms with E-state index in [-0.39, 0.29) is 0 Å². The molecule has 2 nitrogen and oxygen atoms in total. The molecular weight excluding hydrogens is 508 g/mol. The Hall–Kier alpha value is -0.0800. The van der Waals surface area contributed by atoms with Crippen LogP contribution in [0.1, 0.15) is 174 Å². The van der Waals surface area contributed by atoms with E-state index in [0.717, 1.165) is 59.2 Å². The van der Waals surface area contributed by atoms with E-state index in [1.54, 1.807) is 0 Å². The molecule has 6 saturated carbocycles. The summed E-state index contributed by atoms with van der Waals surface area (Å²) in [5.41, 5.74) is 15.4. The molecule has 0 aromatic rings. The molecule has 4 unspecified atom stereocenters. The zero-order valence-corrected chi connectivity index (χ0v) is 28.3. The van der Waals surface area contributed by atoms with Crippen LogP contribution in [0.15, 0.2) is 0 Å². The van der Waals surface area contributed by atoms with Gasteiger partial charge in [-0.2, -0.15) is 0 Å². The van der Waals surface area contributed by atoms with Crippen molar-refractivity contribution < 1.29 is 0 Å². The van der Waals surface area contributed by atoms with Crippen LogP contribution in [0.3, 0.4) is 0 Å². The van der Waals surface area contributed by atoms with Crippen molar-refractivity contribution in [2.75, 3.05) is 0 Å². The van der Waals surface area contributed by atoms with Crippen molar-refractivity contribution in [3.63, 3.8) is 0 Å². The Labute approximate surface area is 262 Å². The maximum Gasteiger partial charge on any atom is 0.0101 e. The SMILES string of the molecule is CCC(C)(C1CC(C2CCCCC2)C(N)C(C2CCCCC2)C1)C1CC(C2CCCCC2)C(N)C(C2CCCCC2)C1. The maximum atomic E-state index is 7.45. The van der Waals surface area contributed by atoms with Crippen LogP contribution in [0, 0.1) is 64.6 Å². The summed E-state index contributed by atoms with van der Waals surface area (Å²) >= 11 is 0. The Kier molecular flexibility index (Phi) is 11.1. The molecule has 6 aliphatic rings. The maximum absolute atomic E-state index is 7.45. The molecule has 42 heavy (non-hydrogen) atoms. The van der Waals surface area contributed by atoms with Gasteiger partial charge in [-0.1, -0.05) is 149 Å². The molecule has 0 spiro atoms. The van der Waals surface area contributed by atoms with E-state index in [4.69, 9.17) is 11.5 Å². The van der Waals surface area contributed by atoms with Crippen molar-refractivity contribution in [3.8, 4) is 0 Å². The predicted octanol–water partition coefficient (Wildman–Crippen LogP) is 10.7. The fraction of sp³-hybridized carbons (Fsp3) is 1.00. The fourth-order valence-electron chi connectivity index (χ4n) is 13.0. The minimum absolute atomic E-state index is 0.458. The second-order valence-corrected chi connectivity index (χ2v) is 17.6. The third-order valence-corrected chi connectivity index (χ3v) is 15.9. The number of rotatable bonds is 7. The Morgan fingerprint density at radius 1 is 0.429 bits per heavy atom. The van der Waals surface area contributed by atoms with Gasteiger partial charge < -0.3 is 11.5 Å². The fourth-order valence-corrected chi connectivity index (χ4v) is 13.0. The molecule has 0 amide bonds. The minimum Gasteiger partial charge on any atom is -0.327 e. The molecule has 6 rings (SSSR count). The van der Waals surface area contributed by atoms with E-state index >= 15 is 0 Å². The number of hydrogen-bond acceptors (Lipinski definition) is 2. The first-order valence-electron chi connectivity index (χ1n) is 20.0. The van der Waals surface area contributed by atoms with Gasteiger partial charge in [0.15, 0.2) is 0 Å². The largest absolute Gasteiger partial charge is 0.327 e. The summed E-state index contributed by atoms with van der Waals surface area (Å²) in [5.74, 6) is 8.54. The normalized spacial score (nSPS) is 42.3. The number of hydrogen-bond donors (Lipinski definition) is 2. The van der Waals surface area contributed by atoms with Gasteiger partial charge in [0.25, 0.3) is 0 Å². The molecule has 0 aromatic heterocycles. The van der Waals surface area contributed by atoms with Crippen LogP contribution in [0.5, 0.6) is 0 Å². The molecule has 6 aliphatic carbocycles. The molecule has 0 aliphatic heterocycles. The van der Waals surface area contributed by atoms with Crippen LogP contribution in [0.2, 0.25) is 0 Å². The highest BCUT2D eigenvalue weighted by Crippen LogP contribution is 2.59. The molecule has 2 heteroatoms. The summed E-state index contributed by atoms with van der Waals surface area (Å²) in [4.78, 5) is 0. The molecule has 0 saturated heterocycles. The van der Waals surface area contributed by atoms with Gasteiger partial charge in [-0.15, -0.1) is 0 Å². The van der Waals surface area contributed by atoms with Gasteiger partial charge in [-0.3, -0.25) is 0 Å². The Morgan fingerprint density at radius 2 is 0.667 bits per heavy atom. The molecule has 242 valence electrons. The average Bonchev–Trinajstić information content (AvgIpc) is 3.06. The van der Waals surface area contributed by atoms with Gasteiger partial charge in [-0.05, 0) is 90.3 Å². The van der Waals surface area contributed by atoms with E-state index in [9.17, 15) is 0 Å². The van der Waals surface area contributed by atoms with Crippen molar-refractivity contribution >= 4 is 0 Å². The van der Waals surface area contributed by atoms with Crippen LogP contribution >= 0.6 is 0 Å². The average molecular weight is 581 g/mol. The van der Waals surface area contributed by atoms with E-state index in [1.807, 2.05) is 0 Å². The lowest BCUT2D eigenvalue weighted by Crippen LogP contribution is -2.56. The van der Waals surface area contributed by atoms with E-state index in [0.29, 0.717) is 17.5 Å². The lowest BCUT2D eigenvalue weighted by molar-refractivity contribution is -0.0636. The highest BCUT2D eigenvalue weighted by molar-refractivity contribution is 5.04. The van der Waals surface area contributed by atoms with Crippen LogP contribution in [-0.2, 0) is 0 Å². The first-order chi connectivity index (χ1) is 20.5. The first-order valence-corrected chi connectivity index (χ1v) is 20.0. The first kappa shape index (κ1) is 31.9. The quantitative estimate of drug-likeness (QED) is 0.315. The van der Waals surface area contributed by atoms with Crippen molar-refractivity contribution in [1.82, 2.24) is 0 Å². The van der Waals surface area contributed by atoms with Gasteiger partial charge in [0, 0.05) is 12.1 Å². The smallest absolute Gasteiger partial charge is 0.0101 e. The van der Waals surface area contributed by atoms with Gasteiger partial charge in [0.05, 0.1) is 0 Å². The van der Waals surface area contributed by atoms with Gasteiger partial charge >= 0.3 is 0 Å². The lowest BCUT2D eigenvalue weighted by Gasteiger charge is -2.57. The molecule has 4 N–H and O–H groups in total. The Morgan fingerprint density at radius 3 is 0.881 bits per heavy atom. The summed E-state index contributed by atoms with van der Waals surface area (Å²) < 4.78 is 0. The van der Waals surface area contributed by atoms with Gasteiger partial charge in [0.2, 0.25) is 0 Å². The predicted molar refractivity (Wildman–Crippen MR) is 180 cm³/mol. The van der Waals surface area contributed by atoms with Crippen LogP contribution in [-0.4, -0.2) is 12.1 Å². The minimum atomic E-state index is 0.458. The lowest BCUT2D eigenvalue weighted by atomic mass is 9.49. The van der Waals surface area contributed by atoms with Crippen molar-refractivity contribution in [3.05, 3.63) is 0 Å². The molecule has 0 bridgehead atoms. The summed E-state index contributed by atoms with van der Waals surface area (Å²) in [6.45, 7) is 5.42. The summed E-state index contributed by atoms with van der Waals surface area (Å²) in [7, 11) is 0. The standard InChI is InChI=1S/C40H72N2/c1-3-40(2,32-24-34(28-16-8-4-9-17-28)38(41)35(25-32)29-18-10-5-11-19-29)33-26-36(30-20-12-6-13-21-30)39(42)37(27-33)31-22-14-7-15-23-31/h28-39H,3-27,41-42H2,1-2H3. The molecule has 4 atom stereocenters. The van der Waals surface area contributed by atoms with Crippen molar-refractivity contribution in [2.24, 2.45) is 76.1 Å². The zero-order valence-electron chi connectivity index (χ0n) is 28.3. The highest BCUT2D eigenvalue weighted by Gasteiger charge is 2.53. The molecule has 0 heterocycles. The monoisotopic (exact) mass is 581 g/mol. The second-order valence-electron chi connectivity index (χ2n) is 17.6. The number of nitrogens with two attached hydrogens (primary N) is 2. The Balaban J connectivity index is 1.29. The second kappa shape index (κ2) is 14.6. The zero-order chi connectivity index (χ0) is 29.1. The molecular formula is C40H72N2. The third kappa shape index (κ3) is 6.71. The van der Waals surface area contributed by atoms with Gasteiger partial charge in [0.1, 0.15) is 0 Å². The van der Waals surface area contributed by atoms with Crippen LogP contribution < -0.4 is 11.5 Å². The van der Waals surface area contributed by atoms with Crippen molar-refractivity contribution in [1.29, 1.82) is 0 Å². The van der Waals surface area contributed by atoms with Crippen LogP contribution in [0.25, 0.3) is 0 Å². The summed E-state index contributed by atoms with van der Waals surface area (Å²) in [6, 6.07) is 0.941. The van der Waals surface area contributed by atoms with E-state index in [1.165, 1.54) is 161 Å². The molecule has 6 fully saturated rings. The van der Waals surface area contributed by atoms with Crippen molar-refractivity contribution in [2.45, 2.75) is 186 Å². The summed E-state index contributed by atoms with van der Waals surface area (Å²) in [6.07, 6.45) is 36.5. The highest BCUT2D eigenvalue weighted by atomic mass is 14.7. The van der Waals surface area contributed by atoms with Gasteiger partial charge in [-0.25, -0.2) is 0 Å². The Bertz CT molecular complexity index is 680. The topological polar surface area (TPSA) is 52.0 Å². The van der Waals surface area contributed by atoms with Crippen LogP contribution in [0.4, 0.5) is 0 Å². The van der Waals surface area contributed by atoms with E-state index < -0.39 is 0 Å².